The highest BCUT2D eigenvalue weighted by Crippen LogP contribution is 2.24. The van der Waals surface area contributed by atoms with Crippen molar-refractivity contribution in [3.8, 4) is 11.4 Å². The van der Waals surface area contributed by atoms with E-state index in [-0.39, 0.29) is 0 Å². The molecule has 0 radical (unpaired) electrons. The summed E-state index contributed by atoms with van der Waals surface area (Å²) >= 11 is 0. The van der Waals surface area contributed by atoms with Gasteiger partial charge in [-0.2, -0.15) is 0 Å². The quantitative estimate of drug-likeness (QED) is 0.542. The summed E-state index contributed by atoms with van der Waals surface area (Å²) in [7, 11) is 4.07. The molecule has 3 rings (SSSR count). The SMILES string of the molecule is CCCCNc1cc(Nc2ccc(N(C)C)cc2)nc(-c2ccccc2)n1. The first-order valence-electron chi connectivity index (χ1n) is 9.38. The molecule has 0 spiro atoms. The Morgan fingerprint density at radius 3 is 2.26 bits per heavy atom. The number of benzene rings is 2. The first-order valence-corrected chi connectivity index (χ1v) is 9.38. The van der Waals surface area contributed by atoms with E-state index in [9.17, 15) is 0 Å². The van der Waals surface area contributed by atoms with Gasteiger partial charge in [0.15, 0.2) is 5.82 Å². The first kappa shape index (κ1) is 18.7. The van der Waals surface area contributed by atoms with E-state index < -0.39 is 0 Å². The molecule has 0 bridgehead atoms. The van der Waals surface area contributed by atoms with Gasteiger partial charge in [0.2, 0.25) is 0 Å². The van der Waals surface area contributed by atoms with E-state index in [4.69, 9.17) is 4.98 Å². The summed E-state index contributed by atoms with van der Waals surface area (Å²) in [6, 6.07) is 20.3. The number of hydrogen-bond acceptors (Lipinski definition) is 5. The van der Waals surface area contributed by atoms with Gasteiger partial charge in [0.05, 0.1) is 0 Å². The number of nitrogens with one attached hydrogen (secondary N) is 2. The number of rotatable bonds is 8. The van der Waals surface area contributed by atoms with Crippen LogP contribution in [0, 0.1) is 0 Å². The lowest BCUT2D eigenvalue weighted by Crippen LogP contribution is -2.08. The Kier molecular flexibility index (Phi) is 6.26. The molecule has 0 unspecified atom stereocenters. The molecule has 2 N–H and O–H groups in total. The maximum atomic E-state index is 4.71. The van der Waals surface area contributed by atoms with Crippen LogP contribution in [0.25, 0.3) is 11.4 Å². The summed E-state index contributed by atoms with van der Waals surface area (Å²) in [5.74, 6) is 2.33. The summed E-state index contributed by atoms with van der Waals surface area (Å²) in [5.41, 5.74) is 3.16. The molecule has 0 amide bonds. The number of aromatic nitrogens is 2. The van der Waals surface area contributed by atoms with Crippen LogP contribution in [-0.2, 0) is 0 Å². The van der Waals surface area contributed by atoms with Crippen molar-refractivity contribution in [1.29, 1.82) is 0 Å². The van der Waals surface area contributed by atoms with Crippen molar-refractivity contribution in [2.24, 2.45) is 0 Å². The zero-order valence-corrected chi connectivity index (χ0v) is 16.2. The minimum atomic E-state index is 0.713. The van der Waals surface area contributed by atoms with Crippen LogP contribution in [-0.4, -0.2) is 30.6 Å². The van der Waals surface area contributed by atoms with Crippen molar-refractivity contribution in [2.75, 3.05) is 36.2 Å². The first-order chi connectivity index (χ1) is 13.2. The molecule has 3 aromatic rings. The molecule has 0 saturated carbocycles. The second-order valence-electron chi connectivity index (χ2n) is 6.67. The molecule has 0 aliphatic rings. The Balaban J connectivity index is 1.87. The van der Waals surface area contributed by atoms with Gasteiger partial charge in [-0.1, -0.05) is 43.7 Å². The second-order valence-corrected chi connectivity index (χ2v) is 6.67. The van der Waals surface area contributed by atoms with E-state index in [1.807, 2.05) is 50.5 Å². The number of hydrogen-bond donors (Lipinski definition) is 2. The van der Waals surface area contributed by atoms with Gasteiger partial charge in [-0.15, -0.1) is 0 Å². The van der Waals surface area contributed by atoms with Crippen LogP contribution in [0.3, 0.4) is 0 Å². The highest BCUT2D eigenvalue weighted by molar-refractivity contribution is 5.66. The van der Waals surface area contributed by atoms with E-state index in [0.29, 0.717) is 5.82 Å². The van der Waals surface area contributed by atoms with Crippen molar-refractivity contribution in [3.05, 3.63) is 60.7 Å². The highest BCUT2D eigenvalue weighted by Gasteiger charge is 2.07. The second kappa shape index (κ2) is 9.03. The molecule has 2 aromatic carbocycles. The van der Waals surface area contributed by atoms with Gasteiger partial charge in [-0.3, -0.25) is 0 Å². The summed E-state index contributed by atoms with van der Waals surface area (Å²) in [4.78, 5) is 11.5. The lowest BCUT2D eigenvalue weighted by Gasteiger charge is -2.14. The number of unbranched alkanes of at least 4 members (excludes halogenated alkanes) is 1. The zero-order chi connectivity index (χ0) is 19.1. The average Bonchev–Trinajstić information content (AvgIpc) is 2.69. The Bertz CT molecular complexity index is 844. The van der Waals surface area contributed by atoms with Crippen molar-refractivity contribution < 1.29 is 0 Å². The standard InChI is InChI=1S/C22H27N5/c1-4-5-15-23-20-16-21(24-18-11-13-19(14-12-18)27(2)3)26-22(25-20)17-9-7-6-8-10-17/h6-14,16H,4-5,15H2,1-3H3,(H2,23,24,25,26). The third-order valence-electron chi connectivity index (χ3n) is 4.25. The molecule has 0 fully saturated rings. The Labute approximate surface area is 161 Å². The van der Waals surface area contributed by atoms with Gasteiger partial charge in [0.1, 0.15) is 11.6 Å². The topological polar surface area (TPSA) is 53.1 Å². The van der Waals surface area contributed by atoms with E-state index in [1.54, 1.807) is 0 Å². The maximum Gasteiger partial charge on any atom is 0.163 e. The predicted octanol–water partition coefficient (Wildman–Crippen LogP) is 5.17. The molecule has 140 valence electrons. The van der Waals surface area contributed by atoms with Crippen LogP contribution < -0.4 is 15.5 Å². The largest absolute Gasteiger partial charge is 0.378 e. The van der Waals surface area contributed by atoms with Crippen molar-refractivity contribution in [3.63, 3.8) is 0 Å². The smallest absolute Gasteiger partial charge is 0.163 e. The van der Waals surface area contributed by atoms with E-state index in [1.165, 1.54) is 0 Å². The summed E-state index contributed by atoms with van der Waals surface area (Å²) < 4.78 is 0. The van der Waals surface area contributed by atoms with Gasteiger partial charge in [0, 0.05) is 43.6 Å². The van der Waals surface area contributed by atoms with Gasteiger partial charge in [-0.05, 0) is 30.7 Å². The van der Waals surface area contributed by atoms with E-state index in [2.05, 4.69) is 51.7 Å². The minimum Gasteiger partial charge on any atom is -0.378 e. The molecule has 27 heavy (non-hydrogen) atoms. The molecular weight excluding hydrogens is 334 g/mol. The summed E-state index contributed by atoms with van der Waals surface area (Å²) in [5, 5.41) is 6.81. The molecule has 5 heteroatoms. The normalized spacial score (nSPS) is 10.5. The van der Waals surface area contributed by atoms with Crippen LogP contribution in [0.2, 0.25) is 0 Å². The lowest BCUT2D eigenvalue weighted by molar-refractivity contribution is 0.830. The Hall–Kier alpha value is -3.08. The van der Waals surface area contributed by atoms with Gasteiger partial charge in [0.25, 0.3) is 0 Å². The van der Waals surface area contributed by atoms with Crippen LogP contribution in [0.15, 0.2) is 60.7 Å². The Morgan fingerprint density at radius 2 is 1.59 bits per heavy atom. The van der Waals surface area contributed by atoms with Crippen LogP contribution in [0.4, 0.5) is 23.0 Å². The Morgan fingerprint density at radius 1 is 0.889 bits per heavy atom. The van der Waals surface area contributed by atoms with Crippen molar-refractivity contribution >= 4 is 23.0 Å². The molecule has 0 atom stereocenters. The number of nitrogens with zero attached hydrogens (tertiary/aromatic N) is 3. The molecule has 0 saturated heterocycles. The van der Waals surface area contributed by atoms with E-state index >= 15 is 0 Å². The summed E-state index contributed by atoms with van der Waals surface area (Å²) in [6.45, 7) is 3.08. The monoisotopic (exact) mass is 361 g/mol. The fourth-order valence-electron chi connectivity index (χ4n) is 2.70. The van der Waals surface area contributed by atoms with Crippen LogP contribution >= 0.6 is 0 Å². The summed E-state index contributed by atoms with van der Waals surface area (Å²) in [6.07, 6.45) is 2.26. The minimum absolute atomic E-state index is 0.713. The van der Waals surface area contributed by atoms with Gasteiger partial charge >= 0.3 is 0 Å². The third-order valence-corrected chi connectivity index (χ3v) is 4.25. The molecular formula is C22H27N5. The molecule has 5 nitrogen and oxygen atoms in total. The van der Waals surface area contributed by atoms with Crippen molar-refractivity contribution in [2.45, 2.75) is 19.8 Å². The van der Waals surface area contributed by atoms with E-state index in [0.717, 1.165) is 48.0 Å². The van der Waals surface area contributed by atoms with Gasteiger partial charge < -0.3 is 15.5 Å². The van der Waals surface area contributed by atoms with Crippen LogP contribution in [0.1, 0.15) is 19.8 Å². The molecule has 0 aliphatic heterocycles. The third kappa shape index (κ3) is 5.20. The highest BCUT2D eigenvalue weighted by atomic mass is 15.1. The average molecular weight is 361 g/mol. The fourth-order valence-corrected chi connectivity index (χ4v) is 2.70. The molecule has 1 aromatic heterocycles. The predicted molar refractivity (Wildman–Crippen MR) is 115 cm³/mol. The fraction of sp³-hybridized carbons (Fsp3) is 0.273. The van der Waals surface area contributed by atoms with Crippen LogP contribution in [0.5, 0.6) is 0 Å². The maximum absolute atomic E-state index is 4.71. The lowest BCUT2D eigenvalue weighted by atomic mass is 10.2. The number of anilines is 4. The van der Waals surface area contributed by atoms with Gasteiger partial charge in [-0.25, -0.2) is 9.97 Å². The molecule has 0 aliphatic carbocycles. The molecule has 1 heterocycles. The van der Waals surface area contributed by atoms with Crippen molar-refractivity contribution in [1.82, 2.24) is 9.97 Å². The zero-order valence-electron chi connectivity index (χ0n) is 16.2.